The van der Waals surface area contributed by atoms with Gasteiger partial charge in [-0.3, -0.25) is 9.59 Å². The smallest absolute Gasteiger partial charge is 0.342 e. The molecule has 2 fully saturated rings. The molecule has 1 saturated heterocycles. The number of hydrogen-bond donors (Lipinski definition) is 1. The highest BCUT2D eigenvalue weighted by Gasteiger charge is 2.52. The van der Waals surface area contributed by atoms with Gasteiger partial charge in [0.1, 0.15) is 18.6 Å². The number of hydrogen-bond acceptors (Lipinski definition) is 2. The first-order valence-electron chi connectivity index (χ1n) is 6.68. The highest BCUT2D eigenvalue weighted by molar-refractivity contribution is 5.97. The van der Waals surface area contributed by atoms with Crippen molar-refractivity contribution in [3.8, 4) is 0 Å². The summed E-state index contributed by atoms with van der Waals surface area (Å²) in [6.45, 7) is 3.60. The molecule has 0 bridgehead atoms. The van der Waals surface area contributed by atoms with Gasteiger partial charge in [0, 0.05) is 0 Å². The van der Waals surface area contributed by atoms with Gasteiger partial charge in [-0.2, -0.15) is 13.2 Å². The molecule has 2 aliphatic rings. The van der Waals surface area contributed by atoms with E-state index in [2.05, 4.69) is 5.32 Å². The van der Waals surface area contributed by atoms with Gasteiger partial charge in [-0.25, -0.2) is 0 Å². The normalized spacial score (nSPS) is 28.6. The second-order valence-corrected chi connectivity index (χ2v) is 6.67. The van der Waals surface area contributed by atoms with Crippen molar-refractivity contribution in [1.29, 1.82) is 0 Å². The Balaban J connectivity index is 2.30. The predicted molar refractivity (Wildman–Crippen MR) is 65.7 cm³/mol. The molecule has 2 atom stereocenters. The van der Waals surface area contributed by atoms with Gasteiger partial charge in [-0.15, -0.1) is 0 Å². The molecule has 1 aliphatic carbocycles. The van der Waals surface area contributed by atoms with Crippen LogP contribution < -0.4 is 5.32 Å². The van der Waals surface area contributed by atoms with Crippen LogP contribution >= 0.6 is 0 Å². The summed E-state index contributed by atoms with van der Waals surface area (Å²) >= 11 is 0. The molecule has 1 saturated carbocycles. The van der Waals surface area contributed by atoms with Gasteiger partial charge in [0.2, 0.25) is 11.8 Å². The Kier molecular flexibility index (Phi) is 3.50. The van der Waals surface area contributed by atoms with Crippen LogP contribution in [0.2, 0.25) is 0 Å². The Hall–Kier alpha value is -1.27. The summed E-state index contributed by atoms with van der Waals surface area (Å²) in [5.41, 5.74) is -0.750. The minimum Gasteiger partial charge on any atom is -0.342 e. The van der Waals surface area contributed by atoms with Crippen LogP contribution in [0.3, 0.4) is 0 Å². The molecule has 7 heteroatoms. The maximum absolute atomic E-state index is 12.7. The Bertz CT molecular complexity index is 424. The fourth-order valence-corrected chi connectivity index (χ4v) is 2.71. The molecular weight excluding hydrogens is 273 g/mol. The summed E-state index contributed by atoms with van der Waals surface area (Å²) < 4.78 is 38.2. The van der Waals surface area contributed by atoms with Crippen molar-refractivity contribution in [1.82, 2.24) is 10.2 Å². The lowest BCUT2D eigenvalue weighted by Crippen LogP contribution is -2.68. The first-order chi connectivity index (χ1) is 9.00. The van der Waals surface area contributed by atoms with Gasteiger partial charge < -0.3 is 10.2 Å². The van der Waals surface area contributed by atoms with Crippen LogP contribution in [-0.4, -0.2) is 41.5 Å². The van der Waals surface area contributed by atoms with Gasteiger partial charge in [0.25, 0.3) is 0 Å². The molecule has 20 heavy (non-hydrogen) atoms. The number of carbonyl (C=O) groups is 2. The van der Waals surface area contributed by atoms with Gasteiger partial charge in [-0.05, 0) is 24.2 Å². The van der Waals surface area contributed by atoms with Crippen molar-refractivity contribution in [3.63, 3.8) is 0 Å². The minimum atomic E-state index is -4.51. The van der Waals surface area contributed by atoms with E-state index >= 15 is 0 Å². The van der Waals surface area contributed by atoms with Crippen molar-refractivity contribution in [2.75, 3.05) is 6.54 Å². The maximum atomic E-state index is 12.7. The fraction of sp³-hybridized carbons (Fsp3) is 0.846. The third-order valence-corrected chi connectivity index (χ3v) is 3.67. The zero-order valence-corrected chi connectivity index (χ0v) is 11.8. The van der Waals surface area contributed by atoms with Gasteiger partial charge in [0.05, 0.1) is 0 Å². The summed E-state index contributed by atoms with van der Waals surface area (Å²) in [5.74, 6) is -1.11. The van der Waals surface area contributed by atoms with Gasteiger partial charge in [-0.1, -0.05) is 20.8 Å². The van der Waals surface area contributed by atoms with E-state index in [0.717, 1.165) is 12.8 Å². The van der Waals surface area contributed by atoms with E-state index in [9.17, 15) is 22.8 Å². The molecule has 2 unspecified atom stereocenters. The van der Waals surface area contributed by atoms with E-state index in [-0.39, 0.29) is 5.92 Å². The van der Waals surface area contributed by atoms with Crippen LogP contribution in [0.5, 0.6) is 0 Å². The van der Waals surface area contributed by atoms with Crippen molar-refractivity contribution < 1.29 is 22.8 Å². The number of amides is 2. The Morgan fingerprint density at radius 1 is 1.20 bits per heavy atom. The highest BCUT2D eigenvalue weighted by Crippen LogP contribution is 2.38. The number of halogens is 3. The molecule has 0 radical (unpaired) electrons. The summed E-state index contributed by atoms with van der Waals surface area (Å²) in [6, 6.07) is -1.88. The lowest BCUT2D eigenvalue weighted by molar-refractivity contribution is -0.179. The monoisotopic (exact) mass is 292 g/mol. The number of nitrogens with one attached hydrogen (secondary N) is 1. The minimum absolute atomic E-state index is 0.0110. The SMILES string of the molecule is CC(C)(C)C1C(=O)NC(C2CC2)C(=O)N1CC(F)(F)F. The molecule has 1 aliphatic heterocycles. The summed E-state index contributed by atoms with van der Waals surface area (Å²) in [5, 5.41) is 2.60. The van der Waals surface area contributed by atoms with Crippen molar-refractivity contribution >= 4 is 11.8 Å². The average Bonchev–Trinajstić information content (AvgIpc) is 3.02. The molecule has 2 rings (SSSR count). The van der Waals surface area contributed by atoms with E-state index < -0.39 is 42.0 Å². The lowest BCUT2D eigenvalue weighted by atomic mass is 9.82. The Morgan fingerprint density at radius 3 is 2.15 bits per heavy atom. The Labute approximate surface area is 115 Å². The molecule has 1 N–H and O–H groups in total. The number of rotatable bonds is 2. The lowest BCUT2D eigenvalue weighted by Gasteiger charge is -2.45. The molecule has 0 spiro atoms. The van der Waals surface area contributed by atoms with Crippen LogP contribution in [0.4, 0.5) is 13.2 Å². The maximum Gasteiger partial charge on any atom is 0.406 e. The molecule has 114 valence electrons. The van der Waals surface area contributed by atoms with E-state index in [0.29, 0.717) is 4.90 Å². The van der Waals surface area contributed by atoms with Crippen LogP contribution in [0.15, 0.2) is 0 Å². The number of nitrogens with zero attached hydrogens (tertiary/aromatic N) is 1. The number of carbonyl (C=O) groups excluding carboxylic acids is 2. The summed E-state index contributed by atoms with van der Waals surface area (Å²) in [4.78, 5) is 25.2. The molecular formula is C13H19F3N2O2. The molecule has 4 nitrogen and oxygen atoms in total. The zero-order chi connectivity index (χ0) is 15.3. The second kappa shape index (κ2) is 4.63. The molecule has 0 aromatic carbocycles. The number of alkyl halides is 3. The van der Waals surface area contributed by atoms with Crippen molar-refractivity contribution in [2.45, 2.75) is 51.9 Å². The van der Waals surface area contributed by atoms with Crippen LogP contribution in [0, 0.1) is 11.3 Å². The van der Waals surface area contributed by atoms with E-state index in [1.165, 1.54) is 0 Å². The molecule has 0 aromatic rings. The van der Waals surface area contributed by atoms with Crippen LogP contribution in [0.1, 0.15) is 33.6 Å². The van der Waals surface area contributed by atoms with Crippen LogP contribution in [-0.2, 0) is 9.59 Å². The molecule has 2 amide bonds. The van der Waals surface area contributed by atoms with E-state index in [4.69, 9.17) is 0 Å². The van der Waals surface area contributed by atoms with E-state index in [1.54, 1.807) is 20.8 Å². The number of piperazine rings is 1. The molecule has 1 heterocycles. The third kappa shape index (κ3) is 3.07. The largest absolute Gasteiger partial charge is 0.406 e. The van der Waals surface area contributed by atoms with Crippen molar-refractivity contribution in [3.05, 3.63) is 0 Å². The second-order valence-electron chi connectivity index (χ2n) is 6.67. The molecule has 0 aromatic heterocycles. The van der Waals surface area contributed by atoms with Gasteiger partial charge >= 0.3 is 6.18 Å². The average molecular weight is 292 g/mol. The standard InChI is InChI=1S/C13H19F3N2O2/c1-12(2,3)9-10(19)17-8(7-4-5-7)11(20)18(9)6-13(14,15)16/h7-9H,4-6H2,1-3H3,(H,17,19). The first-order valence-corrected chi connectivity index (χ1v) is 6.68. The fourth-order valence-electron chi connectivity index (χ4n) is 2.71. The topological polar surface area (TPSA) is 49.4 Å². The summed E-state index contributed by atoms with van der Waals surface area (Å²) in [7, 11) is 0. The Morgan fingerprint density at radius 2 is 1.75 bits per heavy atom. The van der Waals surface area contributed by atoms with Gasteiger partial charge in [0.15, 0.2) is 0 Å². The zero-order valence-electron chi connectivity index (χ0n) is 11.8. The summed E-state index contributed by atoms with van der Waals surface area (Å²) in [6.07, 6.45) is -2.96. The van der Waals surface area contributed by atoms with Crippen LogP contribution in [0.25, 0.3) is 0 Å². The van der Waals surface area contributed by atoms with E-state index in [1.807, 2.05) is 0 Å². The predicted octanol–water partition coefficient (Wildman–Crippen LogP) is 1.70. The van der Waals surface area contributed by atoms with Crippen molar-refractivity contribution in [2.24, 2.45) is 11.3 Å². The third-order valence-electron chi connectivity index (χ3n) is 3.67. The first kappa shape index (κ1) is 15.1. The quantitative estimate of drug-likeness (QED) is 0.842. The highest BCUT2D eigenvalue weighted by atomic mass is 19.4.